The van der Waals surface area contributed by atoms with Crippen molar-refractivity contribution in [2.75, 3.05) is 18.8 Å². The molecule has 118 valence electrons. The van der Waals surface area contributed by atoms with Gasteiger partial charge in [-0.15, -0.1) is 0 Å². The zero-order chi connectivity index (χ0) is 15.3. The number of nitrogens with two attached hydrogens (primary N) is 2. The van der Waals surface area contributed by atoms with Crippen LogP contribution in [0.4, 0.5) is 5.82 Å². The first-order valence-electron chi connectivity index (χ1n) is 8.08. The molecule has 1 unspecified atom stereocenters. The standard InChI is InChI=1S/C16H29N5/c1-3-21(4-2)16(9-5-6-10-16)14(20-18)12-13-8-7-11-19-15(13)17/h7-8,11,14,20H,3-6,9-10,12,18H2,1-2H3,(H2,17,19). The van der Waals surface area contributed by atoms with Crippen molar-refractivity contribution in [2.24, 2.45) is 5.84 Å². The number of hydrazine groups is 1. The van der Waals surface area contributed by atoms with Crippen LogP contribution >= 0.6 is 0 Å². The summed E-state index contributed by atoms with van der Waals surface area (Å²) in [6, 6.07) is 4.20. The summed E-state index contributed by atoms with van der Waals surface area (Å²) in [6.45, 7) is 6.57. The van der Waals surface area contributed by atoms with Gasteiger partial charge in [-0.2, -0.15) is 0 Å². The molecule has 2 rings (SSSR count). The van der Waals surface area contributed by atoms with E-state index in [1.807, 2.05) is 6.07 Å². The van der Waals surface area contributed by atoms with Gasteiger partial charge in [-0.25, -0.2) is 4.98 Å². The van der Waals surface area contributed by atoms with Crippen LogP contribution < -0.4 is 17.0 Å². The minimum Gasteiger partial charge on any atom is -0.383 e. The van der Waals surface area contributed by atoms with Gasteiger partial charge in [0, 0.05) is 17.8 Å². The molecule has 1 aliphatic rings. The molecule has 0 saturated heterocycles. The van der Waals surface area contributed by atoms with E-state index in [0.717, 1.165) is 25.1 Å². The second-order valence-corrected chi connectivity index (χ2v) is 5.95. The summed E-state index contributed by atoms with van der Waals surface area (Å²) in [7, 11) is 0. The lowest BCUT2D eigenvalue weighted by Crippen LogP contribution is -2.62. The third kappa shape index (κ3) is 3.20. The smallest absolute Gasteiger partial charge is 0.126 e. The normalized spacial score (nSPS) is 19.0. The predicted octanol–water partition coefficient (Wildman–Crippen LogP) is 1.69. The van der Waals surface area contributed by atoms with Crippen LogP contribution in [0.2, 0.25) is 0 Å². The molecule has 1 aromatic heterocycles. The van der Waals surface area contributed by atoms with Crippen LogP contribution in [0.25, 0.3) is 0 Å². The van der Waals surface area contributed by atoms with Crippen molar-refractivity contribution in [2.45, 2.75) is 57.5 Å². The fourth-order valence-corrected chi connectivity index (χ4v) is 3.97. The molecule has 0 aromatic carbocycles. The lowest BCUT2D eigenvalue weighted by molar-refractivity contribution is 0.0630. The molecular formula is C16H29N5. The summed E-state index contributed by atoms with van der Waals surface area (Å²) in [5.41, 5.74) is 10.3. The predicted molar refractivity (Wildman–Crippen MR) is 87.6 cm³/mol. The number of nitrogen functional groups attached to an aromatic ring is 1. The summed E-state index contributed by atoms with van der Waals surface area (Å²) in [4.78, 5) is 6.76. The topological polar surface area (TPSA) is 80.2 Å². The SMILES string of the molecule is CCN(CC)C1(C(Cc2cccnc2N)NN)CCCC1. The average Bonchev–Trinajstić information content (AvgIpc) is 2.98. The van der Waals surface area contributed by atoms with Gasteiger partial charge < -0.3 is 5.73 Å². The molecular weight excluding hydrogens is 262 g/mol. The van der Waals surface area contributed by atoms with E-state index in [2.05, 4.69) is 35.2 Å². The van der Waals surface area contributed by atoms with Crippen LogP contribution in [-0.2, 0) is 6.42 Å². The van der Waals surface area contributed by atoms with E-state index in [4.69, 9.17) is 11.6 Å². The number of likely N-dealkylation sites (N-methyl/N-ethyl adjacent to an activating group) is 1. The molecule has 1 saturated carbocycles. The van der Waals surface area contributed by atoms with Gasteiger partial charge in [-0.05, 0) is 44.0 Å². The summed E-state index contributed by atoms with van der Waals surface area (Å²) in [5.74, 6) is 6.56. The molecule has 0 bridgehead atoms. The first-order chi connectivity index (χ1) is 10.2. The second-order valence-electron chi connectivity index (χ2n) is 5.95. The molecule has 0 radical (unpaired) electrons. The summed E-state index contributed by atoms with van der Waals surface area (Å²) >= 11 is 0. The van der Waals surface area contributed by atoms with Crippen LogP contribution in [0.15, 0.2) is 18.3 Å². The van der Waals surface area contributed by atoms with Crippen molar-refractivity contribution in [3.63, 3.8) is 0 Å². The van der Waals surface area contributed by atoms with E-state index in [1.165, 1.54) is 25.7 Å². The maximum absolute atomic E-state index is 6.01. The minimum atomic E-state index is 0.139. The van der Waals surface area contributed by atoms with Crippen LogP contribution in [0.1, 0.15) is 45.1 Å². The van der Waals surface area contributed by atoms with Gasteiger partial charge in [0.25, 0.3) is 0 Å². The number of anilines is 1. The minimum absolute atomic E-state index is 0.139. The largest absolute Gasteiger partial charge is 0.383 e. The molecule has 21 heavy (non-hydrogen) atoms. The molecule has 1 aromatic rings. The Balaban J connectivity index is 2.26. The first-order valence-corrected chi connectivity index (χ1v) is 8.08. The van der Waals surface area contributed by atoms with E-state index in [9.17, 15) is 0 Å². The summed E-state index contributed by atoms with van der Waals surface area (Å²) < 4.78 is 0. The molecule has 0 spiro atoms. The Morgan fingerprint density at radius 2 is 2.00 bits per heavy atom. The third-order valence-electron chi connectivity index (χ3n) is 5.06. The third-order valence-corrected chi connectivity index (χ3v) is 5.06. The highest BCUT2D eigenvalue weighted by atomic mass is 15.3. The van der Waals surface area contributed by atoms with Crippen molar-refractivity contribution < 1.29 is 0 Å². The molecule has 0 amide bonds. The Hall–Kier alpha value is -1.17. The van der Waals surface area contributed by atoms with E-state index >= 15 is 0 Å². The van der Waals surface area contributed by atoms with Gasteiger partial charge in [0.15, 0.2) is 0 Å². The Labute approximate surface area is 128 Å². The second kappa shape index (κ2) is 7.20. The van der Waals surface area contributed by atoms with Gasteiger partial charge in [0.05, 0.1) is 0 Å². The quantitative estimate of drug-likeness (QED) is 0.526. The van der Waals surface area contributed by atoms with Gasteiger partial charge in [0.2, 0.25) is 0 Å². The van der Waals surface area contributed by atoms with Gasteiger partial charge in [-0.3, -0.25) is 16.2 Å². The van der Waals surface area contributed by atoms with Crippen molar-refractivity contribution in [1.82, 2.24) is 15.3 Å². The maximum Gasteiger partial charge on any atom is 0.126 e. The van der Waals surface area contributed by atoms with E-state index in [0.29, 0.717) is 5.82 Å². The molecule has 1 atom stereocenters. The van der Waals surface area contributed by atoms with Crippen LogP contribution in [0.3, 0.4) is 0 Å². The van der Waals surface area contributed by atoms with E-state index in [1.54, 1.807) is 6.20 Å². The number of pyridine rings is 1. The highest BCUT2D eigenvalue weighted by molar-refractivity contribution is 5.39. The zero-order valence-corrected chi connectivity index (χ0v) is 13.3. The summed E-state index contributed by atoms with van der Waals surface area (Å²) in [5, 5.41) is 0. The number of hydrogen-bond donors (Lipinski definition) is 3. The number of nitrogens with zero attached hydrogens (tertiary/aromatic N) is 2. The van der Waals surface area contributed by atoms with Crippen molar-refractivity contribution in [3.05, 3.63) is 23.9 Å². The van der Waals surface area contributed by atoms with Crippen molar-refractivity contribution in [3.8, 4) is 0 Å². The first kappa shape index (κ1) is 16.2. The maximum atomic E-state index is 6.01. The fourth-order valence-electron chi connectivity index (χ4n) is 3.97. The molecule has 5 nitrogen and oxygen atoms in total. The molecule has 0 aliphatic heterocycles. The van der Waals surface area contributed by atoms with E-state index < -0.39 is 0 Å². The van der Waals surface area contributed by atoms with Gasteiger partial charge in [-0.1, -0.05) is 32.8 Å². The molecule has 1 heterocycles. The van der Waals surface area contributed by atoms with Crippen molar-refractivity contribution in [1.29, 1.82) is 0 Å². The highest BCUT2D eigenvalue weighted by Gasteiger charge is 2.44. The van der Waals surface area contributed by atoms with Gasteiger partial charge >= 0.3 is 0 Å². The number of hydrogen-bond acceptors (Lipinski definition) is 5. The lowest BCUT2D eigenvalue weighted by Gasteiger charge is -2.46. The molecule has 5 N–H and O–H groups in total. The Kier molecular flexibility index (Phi) is 5.56. The molecule has 1 fully saturated rings. The Morgan fingerprint density at radius 1 is 1.33 bits per heavy atom. The monoisotopic (exact) mass is 291 g/mol. The van der Waals surface area contributed by atoms with Crippen LogP contribution in [0, 0.1) is 0 Å². The van der Waals surface area contributed by atoms with Crippen LogP contribution in [-0.4, -0.2) is 34.6 Å². The fraction of sp³-hybridized carbons (Fsp3) is 0.688. The Morgan fingerprint density at radius 3 is 2.52 bits per heavy atom. The lowest BCUT2D eigenvalue weighted by atomic mass is 9.82. The van der Waals surface area contributed by atoms with Gasteiger partial charge in [0.1, 0.15) is 5.82 Å². The highest BCUT2D eigenvalue weighted by Crippen LogP contribution is 2.39. The number of rotatable bonds is 7. The van der Waals surface area contributed by atoms with Crippen LogP contribution in [0.5, 0.6) is 0 Å². The summed E-state index contributed by atoms with van der Waals surface area (Å²) in [6.07, 6.45) is 7.51. The Bertz CT molecular complexity index is 438. The molecule has 5 heteroatoms. The average molecular weight is 291 g/mol. The number of aromatic nitrogens is 1. The molecule has 1 aliphatic carbocycles. The number of nitrogens with one attached hydrogen (secondary N) is 1. The van der Waals surface area contributed by atoms with Crippen molar-refractivity contribution >= 4 is 5.82 Å². The van der Waals surface area contributed by atoms with E-state index in [-0.39, 0.29) is 11.6 Å². The zero-order valence-electron chi connectivity index (χ0n) is 13.3.